The van der Waals surface area contributed by atoms with Gasteiger partial charge in [0.1, 0.15) is 11.4 Å². The normalized spacial score (nSPS) is 17.9. The van der Waals surface area contributed by atoms with Gasteiger partial charge in [-0.05, 0) is 25.3 Å². The first kappa shape index (κ1) is 15.0. The summed E-state index contributed by atoms with van der Waals surface area (Å²) in [6.07, 6.45) is 3.70. The molecule has 1 heterocycles. The fraction of sp³-hybridized carbons (Fsp3) is 0.786. The van der Waals surface area contributed by atoms with E-state index >= 15 is 0 Å². The Morgan fingerprint density at radius 2 is 2.10 bits per heavy atom. The van der Waals surface area contributed by atoms with Crippen molar-refractivity contribution >= 4 is 5.91 Å². The van der Waals surface area contributed by atoms with Crippen LogP contribution in [0.3, 0.4) is 0 Å². The van der Waals surface area contributed by atoms with Crippen molar-refractivity contribution < 1.29 is 4.79 Å². The maximum Gasteiger partial charge on any atom is 0.239 e. The van der Waals surface area contributed by atoms with Crippen LogP contribution in [0.25, 0.3) is 0 Å². The number of amides is 1. The molecule has 6 heteroatoms. The van der Waals surface area contributed by atoms with Crippen molar-refractivity contribution in [1.29, 1.82) is 0 Å². The molecule has 20 heavy (non-hydrogen) atoms. The summed E-state index contributed by atoms with van der Waals surface area (Å²) in [5.41, 5.74) is 5.03. The second-order valence-corrected chi connectivity index (χ2v) is 5.45. The van der Waals surface area contributed by atoms with Crippen molar-refractivity contribution in [3.05, 3.63) is 11.6 Å². The SMILES string of the molecule is CCNC(Cn1nc(CC)nc1CC)(C(N)=O)C1CC1. The Balaban J connectivity index is 2.31. The lowest BCUT2D eigenvalue weighted by Crippen LogP contribution is -2.60. The zero-order valence-corrected chi connectivity index (χ0v) is 12.6. The van der Waals surface area contributed by atoms with Crippen molar-refractivity contribution in [1.82, 2.24) is 20.1 Å². The Hall–Kier alpha value is -1.43. The standard InChI is InChI=1S/C14H25N5O/c1-4-11-17-12(5-2)19(18-11)9-14(13(15)20,16-6-3)10-7-8-10/h10,16H,4-9H2,1-3H3,(H2,15,20). The van der Waals surface area contributed by atoms with Crippen LogP contribution in [0, 0.1) is 5.92 Å². The number of carbonyl (C=O) groups excluding carboxylic acids is 1. The average Bonchev–Trinajstić information content (AvgIpc) is 3.20. The molecule has 2 rings (SSSR count). The number of hydrogen-bond donors (Lipinski definition) is 2. The maximum atomic E-state index is 12.1. The highest BCUT2D eigenvalue weighted by atomic mass is 16.1. The zero-order chi connectivity index (χ0) is 14.8. The number of rotatable bonds is 8. The summed E-state index contributed by atoms with van der Waals surface area (Å²) in [6.45, 7) is 7.29. The second kappa shape index (κ2) is 5.91. The Kier molecular flexibility index (Phi) is 4.42. The van der Waals surface area contributed by atoms with Crippen LogP contribution in [0.15, 0.2) is 0 Å². The second-order valence-electron chi connectivity index (χ2n) is 5.45. The molecule has 1 unspecified atom stereocenters. The van der Waals surface area contributed by atoms with Crippen molar-refractivity contribution in [2.45, 2.75) is 58.5 Å². The summed E-state index contributed by atoms with van der Waals surface area (Å²) < 4.78 is 1.87. The van der Waals surface area contributed by atoms with Gasteiger partial charge >= 0.3 is 0 Å². The summed E-state index contributed by atoms with van der Waals surface area (Å²) in [5.74, 6) is 1.79. The molecule has 1 fully saturated rings. The zero-order valence-electron chi connectivity index (χ0n) is 12.6. The van der Waals surface area contributed by atoms with E-state index in [4.69, 9.17) is 5.73 Å². The van der Waals surface area contributed by atoms with E-state index in [0.717, 1.165) is 43.9 Å². The van der Waals surface area contributed by atoms with E-state index in [9.17, 15) is 4.79 Å². The minimum absolute atomic E-state index is 0.280. The van der Waals surface area contributed by atoms with Gasteiger partial charge in [0.2, 0.25) is 5.91 Å². The van der Waals surface area contributed by atoms with E-state index in [1.165, 1.54) is 0 Å². The number of nitrogens with two attached hydrogens (primary N) is 1. The van der Waals surface area contributed by atoms with E-state index in [-0.39, 0.29) is 5.91 Å². The Labute approximate surface area is 120 Å². The van der Waals surface area contributed by atoms with E-state index < -0.39 is 5.54 Å². The Morgan fingerprint density at radius 1 is 1.40 bits per heavy atom. The quantitative estimate of drug-likeness (QED) is 0.731. The lowest BCUT2D eigenvalue weighted by atomic mass is 9.92. The topological polar surface area (TPSA) is 85.8 Å². The lowest BCUT2D eigenvalue weighted by Gasteiger charge is -2.31. The van der Waals surface area contributed by atoms with Crippen LogP contribution in [-0.2, 0) is 24.2 Å². The molecular weight excluding hydrogens is 254 g/mol. The van der Waals surface area contributed by atoms with Crippen LogP contribution in [0.4, 0.5) is 0 Å². The van der Waals surface area contributed by atoms with E-state index in [0.29, 0.717) is 12.5 Å². The molecule has 0 aromatic carbocycles. The minimum Gasteiger partial charge on any atom is -0.368 e. The molecule has 1 aromatic rings. The molecule has 1 aliphatic rings. The van der Waals surface area contributed by atoms with Gasteiger partial charge in [0.15, 0.2) is 5.82 Å². The molecule has 6 nitrogen and oxygen atoms in total. The molecule has 1 aromatic heterocycles. The maximum absolute atomic E-state index is 12.1. The highest BCUT2D eigenvalue weighted by Crippen LogP contribution is 2.40. The molecule has 1 saturated carbocycles. The lowest BCUT2D eigenvalue weighted by molar-refractivity contribution is -0.126. The van der Waals surface area contributed by atoms with Gasteiger partial charge in [0.25, 0.3) is 0 Å². The fourth-order valence-corrected chi connectivity index (χ4v) is 2.79. The third-order valence-corrected chi connectivity index (χ3v) is 4.03. The van der Waals surface area contributed by atoms with Crippen LogP contribution >= 0.6 is 0 Å². The summed E-state index contributed by atoms with van der Waals surface area (Å²) in [5, 5.41) is 7.84. The molecular formula is C14H25N5O. The molecule has 0 spiro atoms. The number of hydrogen-bond acceptors (Lipinski definition) is 4. The average molecular weight is 279 g/mol. The molecule has 0 saturated heterocycles. The van der Waals surface area contributed by atoms with Gasteiger partial charge in [-0.1, -0.05) is 20.8 Å². The van der Waals surface area contributed by atoms with Crippen LogP contribution in [-0.4, -0.2) is 32.8 Å². The first-order valence-corrected chi connectivity index (χ1v) is 7.54. The van der Waals surface area contributed by atoms with Crippen LogP contribution in [0.2, 0.25) is 0 Å². The number of nitrogens with zero attached hydrogens (tertiary/aromatic N) is 3. The third-order valence-electron chi connectivity index (χ3n) is 4.03. The summed E-state index contributed by atoms with van der Waals surface area (Å²) in [4.78, 5) is 16.6. The minimum atomic E-state index is -0.683. The number of nitrogens with one attached hydrogen (secondary N) is 1. The van der Waals surface area contributed by atoms with Crippen molar-refractivity contribution in [3.63, 3.8) is 0 Å². The van der Waals surface area contributed by atoms with E-state index in [1.54, 1.807) is 0 Å². The molecule has 0 bridgehead atoms. The Morgan fingerprint density at radius 3 is 2.55 bits per heavy atom. The largest absolute Gasteiger partial charge is 0.368 e. The van der Waals surface area contributed by atoms with Crippen LogP contribution in [0.5, 0.6) is 0 Å². The van der Waals surface area contributed by atoms with Gasteiger partial charge in [0, 0.05) is 12.8 Å². The first-order chi connectivity index (χ1) is 9.57. The summed E-state index contributed by atoms with van der Waals surface area (Å²) in [7, 11) is 0. The molecule has 112 valence electrons. The highest BCUT2D eigenvalue weighted by molar-refractivity contribution is 5.85. The predicted molar refractivity (Wildman–Crippen MR) is 77.1 cm³/mol. The summed E-state index contributed by atoms with van der Waals surface area (Å²) >= 11 is 0. The van der Waals surface area contributed by atoms with Gasteiger partial charge < -0.3 is 11.1 Å². The third kappa shape index (κ3) is 2.70. The van der Waals surface area contributed by atoms with E-state index in [2.05, 4.69) is 22.3 Å². The number of carbonyl (C=O) groups is 1. The van der Waals surface area contributed by atoms with Gasteiger partial charge in [0.05, 0.1) is 6.54 Å². The smallest absolute Gasteiger partial charge is 0.239 e. The molecule has 1 amide bonds. The molecule has 0 aliphatic heterocycles. The Bertz CT molecular complexity index is 480. The monoisotopic (exact) mass is 279 g/mol. The molecule has 3 N–H and O–H groups in total. The number of aromatic nitrogens is 3. The van der Waals surface area contributed by atoms with E-state index in [1.807, 2.05) is 18.5 Å². The number of likely N-dealkylation sites (N-methyl/N-ethyl adjacent to an activating group) is 1. The van der Waals surface area contributed by atoms with Crippen molar-refractivity contribution in [2.24, 2.45) is 11.7 Å². The number of aryl methyl sites for hydroxylation is 2. The van der Waals surface area contributed by atoms with Gasteiger partial charge in [-0.3, -0.25) is 4.79 Å². The van der Waals surface area contributed by atoms with Crippen molar-refractivity contribution in [3.8, 4) is 0 Å². The summed E-state index contributed by atoms with van der Waals surface area (Å²) in [6, 6.07) is 0. The van der Waals surface area contributed by atoms with Gasteiger partial charge in [-0.2, -0.15) is 5.10 Å². The van der Waals surface area contributed by atoms with Gasteiger partial charge in [-0.15, -0.1) is 0 Å². The molecule has 1 atom stereocenters. The first-order valence-electron chi connectivity index (χ1n) is 7.54. The fourth-order valence-electron chi connectivity index (χ4n) is 2.79. The predicted octanol–water partition coefficient (Wildman–Crippen LogP) is 0.647. The van der Waals surface area contributed by atoms with Gasteiger partial charge in [-0.25, -0.2) is 9.67 Å². The number of primary amides is 1. The van der Waals surface area contributed by atoms with Crippen LogP contribution in [0.1, 0.15) is 45.3 Å². The molecule has 1 aliphatic carbocycles. The molecule has 0 radical (unpaired) electrons. The highest BCUT2D eigenvalue weighted by Gasteiger charge is 2.50. The van der Waals surface area contributed by atoms with Crippen molar-refractivity contribution in [2.75, 3.05) is 6.54 Å². The van der Waals surface area contributed by atoms with Crippen LogP contribution < -0.4 is 11.1 Å².